The number of halogens is 1. The topological polar surface area (TPSA) is 37.4 Å². The zero-order chi connectivity index (χ0) is 12.1. The lowest BCUT2D eigenvalue weighted by molar-refractivity contribution is 0.0398. The summed E-state index contributed by atoms with van der Waals surface area (Å²) in [5, 5.41) is 3.36. The van der Waals surface area contributed by atoms with Crippen LogP contribution in [-0.4, -0.2) is 49.3 Å². The molecular weight excluding hydrogens is 282 g/mol. The average molecular weight is 300 g/mol. The van der Waals surface area contributed by atoms with Crippen LogP contribution in [0.1, 0.15) is 5.56 Å². The molecule has 0 spiro atoms. The summed E-state index contributed by atoms with van der Waals surface area (Å²) in [5.74, 6) is 0.929. The molecule has 0 amide bonds. The maximum absolute atomic E-state index is 5.32. The minimum absolute atomic E-state index is 0.854. The summed E-state index contributed by atoms with van der Waals surface area (Å²) in [7, 11) is 0. The van der Waals surface area contributed by atoms with Crippen LogP contribution < -0.4 is 5.32 Å². The van der Waals surface area contributed by atoms with E-state index in [2.05, 4.69) is 38.1 Å². The molecule has 2 rings (SSSR count). The molecule has 0 radical (unpaired) electrons. The molecular formula is C12H18BrN3O. The molecule has 4 nitrogen and oxygen atoms in total. The van der Waals surface area contributed by atoms with Gasteiger partial charge in [-0.05, 0) is 34.5 Å². The molecule has 0 aromatic carbocycles. The van der Waals surface area contributed by atoms with Gasteiger partial charge in [-0.3, -0.25) is 4.90 Å². The van der Waals surface area contributed by atoms with E-state index in [1.807, 2.05) is 12.3 Å². The molecule has 0 atom stereocenters. The van der Waals surface area contributed by atoms with Crippen molar-refractivity contribution in [2.75, 3.05) is 44.7 Å². The fourth-order valence-corrected chi connectivity index (χ4v) is 2.20. The molecule has 5 heteroatoms. The first-order valence-corrected chi connectivity index (χ1v) is 6.72. The Morgan fingerprint density at radius 1 is 1.47 bits per heavy atom. The molecule has 1 fully saturated rings. The highest BCUT2D eigenvalue weighted by molar-refractivity contribution is 9.10. The Morgan fingerprint density at radius 3 is 3.00 bits per heavy atom. The molecule has 17 heavy (non-hydrogen) atoms. The van der Waals surface area contributed by atoms with Crippen molar-refractivity contribution in [3.05, 3.63) is 22.3 Å². The third kappa shape index (κ3) is 3.66. The average Bonchev–Trinajstić information content (AvgIpc) is 2.36. The van der Waals surface area contributed by atoms with Crippen LogP contribution in [0.15, 0.2) is 16.7 Å². The van der Waals surface area contributed by atoms with E-state index in [1.54, 1.807) is 0 Å². The molecule has 1 N–H and O–H groups in total. The Kier molecular flexibility index (Phi) is 4.76. The van der Waals surface area contributed by atoms with Gasteiger partial charge in [-0.25, -0.2) is 4.98 Å². The van der Waals surface area contributed by atoms with Gasteiger partial charge in [-0.1, -0.05) is 0 Å². The molecule has 94 valence electrons. The summed E-state index contributed by atoms with van der Waals surface area (Å²) >= 11 is 3.55. The van der Waals surface area contributed by atoms with Gasteiger partial charge in [-0.15, -0.1) is 0 Å². The molecule has 1 aromatic rings. The first kappa shape index (κ1) is 12.8. The lowest BCUT2D eigenvalue weighted by Gasteiger charge is -2.26. The van der Waals surface area contributed by atoms with Crippen LogP contribution in [-0.2, 0) is 4.74 Å². The monoisotopic (exact) mass is 299 g/mol. The van der Waals surface area contributed by atoms with Crippen LogP contribution in [0.25, 0.3) is 0 Å². The molecule has 1 aromatic heterocycles. The Balaban J connectivity index is 1.79. The summed E-state index contributed by atoms with van der Waals surface area (Å²) < 4.78 is 6.37. The number of ether oxygens (including phenoxy) is 1. The van der Waals surface area contributed by atoms with Gasteiger partial charge in [-0.2, -0.15) is 0 Å². The Labute approximate surface area is 110 Å². The maximum atomic E-state index is 5.32. The smallest absolute Gasteiger partial charge is 0.140 e. The predicted octanol–water partition coefficient (Wildman–Crippen LogP) is 1.90. The van der Waals surface area contributed by atoms with E-state index < -0.39 is 0 Å². The number of hydrogen-bond donors (Lipinski definition) is 1. The molecule has 0 bridgehead atoms. The summed E-state index contributed by atoms with van der Waals surface area (Å²) in [6.45, 7) is 7.78. The van der Waals surface area contributed by atoms with Crippen LogP contribution in [0.3, 0.4) is 0 Å². The lowest BCUT2D eigenvalue weighted by atomic mass is 10.3. The molecule has 1 aliphatic heterocycles. The van der Waals surface area contributed by atoms with Gasteiger partial charge in [0.25, 0.3) is 0 Å². The zero-order valence-electron chi connectivity index (χ0n) is 10.1. The number of anilines is 1. The van der Waals surface area contributed by atoms with E-state index in [1.165, 1.54) is 5.56 Å². The number of aromatic nitrogens is 1. The summed E-state index contributed by atoms with van der Waals surface area (Å²) in [5.41, 5.74) is 1.20. The fraction of sp³-hybridized carbons (Fsp3) is 0.583. The number of nitrogens with zero attached hydrogens (tertiary/aromatic N) is 2. The highest BCUT2D eigenvalue weighted by Gasteiger charge is 2.10. The Hall–Kier alpha value is -0.650. The van der Waals surface area contributed by atoms with Crippen LogP contribution in [0.4, 0.5) is 5.82 Å². The number of pyridine rings is 1. The summed E-state index contributed by atoms with van der Waals surface area (Å²) in [6, 6.07) is 2.00. The molecule has 0 unspecified atom stereocenters. The minimum atomic E-state index is 0.854. The van der Waals surface area contributed by atoms with Crippen LogP contribution in [0.2, 0.25) is 0 Å². The number of nitrogens with one attached hydrogen (secondary N) is 1. The Morgan fingerprint density at radius 2 is 2.24 bits per heavy atom. The molecule has 1 aliphatic rings. The number of rotatable bonds is 4. The largest absolute Gasteiger partial charge is 0.379 e. The van der Waals surface area contributed by atoms with Gasteiger partial charge in [0, 0.05) is 32.4 Å². The van der Waals surface area contributed by atoms with E-state index in [0.29, 0.717) is 0 Å². The van der Waals surface area contributed by atoms with E-state index in [-0.39, 0.29) is 0 Å². The van der Waals surface area contributed by atoms with Gasteiger partial charge < -0.3 is 10.1 Å². The quantitative estimate of drug-likeness (QED) is 0.921. The van der Waals surface area contributed by atoms with E-state index in [4.69, 9.17) is 4.74 Å². The highest BCUT2D eigenvalue weighted by Crippen LogP contribution is 2.22. The Bertz CT molecular complexity index is 367. The first-order chi connectivity index (χ1) is 8.27. The molecule has 1 saturated heterocycles. The number of morpholine rings is 1. The standard InChI is InChI=1S/C12H18BrN3O/c1-10-2-3-14-12(11(10)13)15-4-5-16-6-8-17-9-7-16/h2-3H,4-9H2,1H3,(H,14,15). The van der Waals surface area contributed by atoms with Crippen molar-refractivity contribution in [2.45, 2.75) is 6.92 Å². The molecule has 2 heterocycles. The second-order valence-electron chi connectivity index (χ2n) is 4.17. The van der Waals surface area contributed by atoms with Crippen molar-refractivity contribution in [1.29, 1.82) is 0 Å². The molecule has 0 aliphatic carbocycles. The predicted molar refractivity (Wildman–Crippen MR) is 72.4 cm³/mol. The number of hydrogen-bond acceptors (Lipinski definition) is 4. The first-order valence-electron chi connectivity index (χ1n) is 5.92. The van der Waals surface area contributed by atoms with Crippen LogP contribution >= 0.6 is 15.9 Å². The fourth-order valence-electron chi connectivity index (χ4n) is 1.82. The van der Waals surface area contributed by atoms with Gasteiger partial charge in [0.1, 0.15) is 5.82 Å². The van der Waals surface area contributed by atoms with Crippen molar-refractivity contribution < 1.29 is 4.74 Å². The van der Waals surface area contributed by atoms with Crippen molar-refractivity contribution in [1.82, 2.24) is 9.88 Å². The highest BCUT2D eigenvalue weighted by atomic mass is 79.9. The summed E-state index contributed by atoms with van der Waals surface area (Å²) in [4.78, 5) is 6.72. The maximum Gasteiger partial charge on any atom is 0.140 e. The van der Waals surface area contributed by atoms with E-state index in [0.717, 1.165) is 49.7 Å². The van der Waals surface area contributed by atoms with Crippen molar-refractivity contribution in [2.24, 2.45) is 0 Å². The third-order valence-electron chi connectivity index (χ3n) is 2.91. The lowest BCUT2D eigenvalue weighted by Crippen LogP contribution is -2.39. The van der Waals surface area contributed by atoms with Crippen LogP contribution in [0.5, 0.6) is 0 Å². The van der Waals surface area contributed by atoms with Gasteiger partial charge in [0.15, 0.2) is 0 Å². The van der Waals surface area contributed by atoms with E-state index in [9.17, 15) is 0 Å². The van der Waals surface area contributed by atoms with E-state index >= 15 is 0 Å². The van der Waals surface area contributed by atoms with Gasteiger partial charge in [0.05, 0.1) is 17.7 Å². The van der Waals surface area contributed by atoms with Crippen molar-refractivity contribution in [3.63, 3.8) is 0 Å². The zero-order valence-corrected chi connectivity index (χ0v) is 11.7. The number of aryl methyl sites for hydroxylation is 1. The van der Waals surface area contributed by atoms with Gasteiger partial charge >= 0.3 is 0 Å². The van der Waals surface area contributed by atoms with Crippen molar-refractivity contribution >= 4 is 21.7 Å². The minimum Gasteiger partial charge on any atom is -0.379 e. The normalized spacial score (nSPS) is 17.1. The third-order valence-corrected chi connectivity index (χ3v) is 3.91. The van der Waals surface area contributed by atoms with Crippen molar-refractivity contribution in [3.8, 4) is 0 Å². The SMILES string of the molecule is Cc1ccnc(NCCN2CCOCC2)c1Br. The second-order valence-corrected chi connectivity index (χ2v) is 4.96. The summed E-state index contributed by atoms with van der Waals surface area (Å²) in [6.07, 6.45) is 1.83. The van der Waals surface area contributed by atoms with Gasteiger partial charge in [0.2, 0.25) is 0 Å². The van der Waals surface area contributed by atoms with Crippen LogP contribution in [0, 0.1) is 6.92 Å². The second kappa shape index (κ2) is 6.33. The molecule has 0 saturated carbocycles.